The summed E-state index contributed by atoms with van der Waals surface area (Å²) in [6.07, 6.45) is 4.46. The molecule has 4 aromatic heterocycles. The van der Waals surface area contributed by atoms with Crippen LogP contribution in [0.4, 0.5) is 8.78 Å². The third-order valence-electron chi connectivity index (χ3n) is 7.49. The molecule has 0 unspecified atom stereocenters. The van der Waals surface area contributed by atoms with Crippen LogP contribution in [-0.2, 0) is 6.54 Å². The number of fused-ring (bicyclic) bond motifs is 2. The average molecular weight is 563 g/mol. The quantitative estimate of drug-likeness (QED) is 0.286. The van der Waals surface area contributed by atoms with Crippen LogP contribution in [-0.4, -0.2) is 36.0 Å². The Balaban J connectivity index is 1.19. The highest BCUT2D eigenvalue weighted by Crippen LogP contribution is 2.29. The summed E-state index contributed by atoms with van der Waals surface area (Å²) in [4.78, 5) is 38.8. The number of pyridine rings is 3. The SMILES string of the molecule is O=C(NC1CCC(Cn2c(=O)n(-c3cnc4ncccc4c3)c3ccccc32)CC1)c1cc(Cl)cnc1C(F)F. The second-order valence-corrected chi connectivity index (χ2v) is 10.5. The van der Waals surface area contributed by atoms with E-state index in [0.29, 0.717) is 30.7 Å². The number of hydrogen-bond acceptors (Lipinski definition) is 5. The van der Waals surface area contributed by atoms with Crippen LogP contribution in [0.2, 0.25) is 5.02 Å². The Bertz CT molecular complexity index is 1780. The van der Waals surface area contributed by atoms with Gasteiger partial charge in [0.15, 0.2) is 5.65 Å². The van der Waals surface area contributed by atoms with Crippen molar-refractivity contribution in [2.75, 3.05) is 0 Å². The van der Waals surface area contributed by atoms with Gasteiger partial charge < -0.3 is 5.32 Å². The molecule has 1 amide bonds. The molecule has 8 nitrogen and oxygen atoms in total. The number of carbonyl (C=O) groups is 1. The number of imidazole rings is 1. The Morgan fingerprint density at radius 3 is 2.55 bits per heavy atom. The van der Waals surface area contributed by atoms with Gasteiger partial charge in [0.05, 0.1) is 33.5 Å². The summed E-state index contributed by atoms with van der Waals surface area (Å²) < 4.78 is 30.2. The van der Waals surface area contributed by atoms with Gasteiger partial charge in [-0.15, -0.1) is 0 Å². The first kappa shape index (κ1) is 26.1. The molecule has 1 N–H and O–H groups in total. The lowest BCUT2D eigenvalue weighted by molar-refractivity contribution is 0.0904. The zero-order valence-corrected chi connectivity index (χ0v) is 22.1. The molecule has 1 aromatic carbocycles. The molecule has 1 fully saturated rings. The second-order valence-electron chi connectivity index (χ2n) is 10.0. The molecule has 0 saturated heterocycles. The molecule has 0 atom stereocenters. The number of halogens is 3. The maximum atomic E-state index is 13.7. The van der Waals surface area contributed by atoms with Gasteiger partial charge in [0, 0.05) is 30.4 Å². The van der Waals surface area contributed by atoms with Crippen LogP contribution in [0.3, 0.4) is 0 Å². The van der Waals surface area contributed by atoms with Gasteiger partial charge in [0.2, 0.25) is 0 Å². The van der Waals surface area contributed by atoms with E-state index in [2.05, 4.69) is 20.3 Å². The molecule has 1 saturated carbocycles. The van der Waals surface area contributed by atoms with E-state index in [0.717, 1.165) is 35.5 Å². The average Bonchev–Trinajstić information content (AvgIpc) is 3.24. The summed E-state index contributed by atoms with van der Waals surface area (Å²) in [5.41, 5.74) is 1.99. The first-order valence-electron chi connectivity index (χ1n) is 13.0. The van der Waals surface area contributed by atoms with Crippen molar-refractivity contribution < 1.29 is 13.6 Å². The van der Waals surface area contributed by atoms with E-state index in [1.165, 1.54) is 6.07 Å². The minimum Gasteiger partial charge on any atom is -0.349 e. The first-order chi connectivity index (χ1) is 19.4. The number of rotatable bonds is 6. The van der Waals surface area contributed by atoms with E-state index >= 15 is 0 Å². The highest BCUT2D eigenvalue weighted by atomic mass is 35.5. The fourth-order valence-corrected chi connectivity index (χ4v) is 5.68. The van der Waals surface area contributed by atoms with Crippen molar-refractivity contribution in [2.45, 2.75) is 44.7 Å². The van der Waals surface area contributed by atoms with E-state index in [1.54, 1.807) is 21.5 Å². The number of nitrogens with zero attached hydrogens (tertiary/aromatic N) is 5. The van der Waals surface area contributed by atoms with Crippen LogP contribution in [0.1, 0.15) is 48.2 Å². The Morgan fingerprint density at radius 1 is 1.00 bits per heavy atom. The van der Waals surface area contributed by atoms with Crippen molar-refractivity contribution in [1.82, 2.24) is 29.4 Å². The Labute approximate surface area is 232 Å². The van der Waals surface area contributed by atoms with Crippen LogP contribution in [0, 0.1) is 5.92 Å². The molecule has 5 aromatic rings. The molecule has 4 heterocycles. The van der Waals surface area contributed by atoms with Gasteiger partial charge in [0.25, 0.3) is 12.3 Å². The van der Waals surface area contributed by atoms with Crippen molar-refractivity contribution in [1.29, 1.82) is 0 Å². The highest BCUT2D eigenvalue weighted by molar-refractivity contribution is 6.30. The summed E-state index contributed by atoms with van der Waals surface area (Å²) in [7, 11) is 0. The van der Waals surface area contributed by atoms with Crippen molar-refractivity contribution in [3.8, 4) is 5.69 Å². The number of benzene rings is 1. The maximum Gasteiger partial charge on any atom is 0.333 e. The normalized spacial score (nSPS) is 17.5. The third kappa shape index (κ3) is 4.95. The molecule has 0 bridgehead atoms. The third-order valence-corrected chi connectivity index (χ3v) is 7.70. The molecule has 1 aliphatic carbocycles. The molecular weight excluding hydrogens is 538 g/mol. The number of carbonyl (C=O) groups excluding carboxylic acids is 1. The summed E-state index contributed by atoms with van der Waals surface area (Å²) >= 11 is 5.90. The van der Waals surface area contributed by atoms with E-state index in [-0.39, 0.29) is 28.2 Å². The lowest BCUT2D eigenvalue weighted by Crippen LogP contribution is -2.39. The van der Waals surface area contributed by atoms with Crippen molar-refractivity contribution >= 4 is 39.6 Å². The minimum atomic E-state index is -2.88. The van der Waals surface area contributed by atoms with Crippen molar-refractivity contribution in [3.63, 3.8) is 0 Å². The largest absolute Gasteiger partial charge is 0.349 e. The Kier molecular flexibility index (Phi) is 7.02. The Hall–Kier alpha value is -4.18. The van der Waals surface area contributed by atoms with Crippen LogP contribution >= 0.6 is 11.6 Å². The van der Waals surface area contributed by atoms with Crippen molar-refractivity contribution in [2.24, 2.45) is 5.92 Å². The van der Waals surface area contributed by atoms with Crippen LogP contribution < -0.4 is 11.0 Å². The van der Waals surface area contributed by atoms with Gasteiger partial charge in [-0.05, 0) is 68.0 Å². The molecule has 40 heavy (non-hydrogen) atoms. The van der Waals surface area contributed by atoms with E-state index in [1.807, 2.05) is 42.5 Å². The zero-order chi connectivity index (χ0) is 27.8. The molecule has 1 aliphatic rings. The summed E-state index contributed by atoms with van der Waals surface area (Å²) in [6.45, 7) is 0.531. The molecule has 204 valence electrons. The second kappa shape index (κ2) is 10.8. The van der Waals surface area contributed by atoms with Gasteiger partial charge in [-0.1, -0.05) is 23.7 Å². The van der Waals surface area contributed by atoms with E-state index in [9.17, 15) is 18.4 Å². The number of hydrogen-bond donors (Lipinski definition) is 1. The number of alkyl halides is 2. The number of amides is 1. The fourth-order valence-electron chi connectivity index (χ4n) is 5.53. The molecule has 11 heteroatoms. The predicted molar refractivity (Wildman–Crippen MR) is 148 cm³/mol. The molecule has 6 rings (SSSR count). The topological polar surface area (TPSA) is 94.7 Å². The van der Waals surface area contributed by atoms with Gasteiger partial charge >= 0.3 is 5.69 Å². The summed E-state index contributed by atoms with van der Waals surface area (Å²) in [6, 6.07) is 14.4. The van der Waals surface area contributed by atoms with Crippen molar-refractivity contribution in [3.05, 3.63) is 93.9 Å². The van der Waals surface area contributed by atoms with Gasteiger partial charge in [-0.2, -0.15) is 0 Å². The lowest BCUT2D eigenvalue weighted by Gasteiger charge is -2.29. The standard InChI is InChI=1S/C29H25ClF2N6O2/c30-19-13-22(25(26(31)32)34-14-19)28(39)36-20-9-7-17(8-10-20)16-37-23-5-1-2-6-24(23)38(29(37)40)21-12-18-4-3-11-33-27(18)35-15-21/h1-6,11-15,17,20,26H,7-10,16H2,(H,36,39). The smallest absolute Gasteiger partial charge is 0.333 e. The first-order valence-corrected chi connectivity index (χ1v) is 13.4. The highest BCUT2D eigenvalue weighted by Gasteiger charge is 2.27. The molecule has 0 aliphatic heterocycles. The van der Waals surface area contributed by atoms with Gasteiger partial charge in [-0.3, -0.25) is 18.9 Å². The number of para-hydroxylation sites is 2. The molecule has 0 radical (unpaired) electrons. The summed E-state index contributed by atoms with van der Waals surface area (Å²) in [5.74, 6) is -0.388. The predicted octanol–water partition coefficient (Wildman–Crippen LogP) is 5.71. The lowest BCUT2D eigenvalue weighted by atomic mass is 9.85. The van der Waals surface area contributed by atoms with Crippen LogP contribution in [0.25, 0.3) is 27.8 Å². The monoisotopic (exact) mass is 562 g/mol. The van der Waals surface area contributed by atoms with Gasteiger partial charge in [-0.25, -0.2) is 23.5 Å². The van der Waals surface area contributed by atoms with Crippen LogP contribution in [0.5, 0.6) is 0 Å². The zero-order valence-electron chi connectivity index (χ0n) is 21.3. The fraction of sp³-hybridized carbons (Fsp3) is 0.276. The Morgan fingerprint density at radius 2 is 1.77 bits per heavy atom. The number of nitrogens with one attached hydrogen (secondary N) is 1. The number of aromatic nitrogens is 5. The van der Waals surface area contributed by atoms with E-state index < -0.39 is 18.0 Å². The molecule has 0 spiro atoms. The van der Waals surface area contributed by atoms with Crippen LogP contribution in [0.15, 0.2) is 71.9 Å². The summed E-state index contributed by atoms with van der Waals surface area (Å²) in [5, 5.41) is 3.84. The van der Waals surface area contributed by atoms with E-state index in [4.69, 9.17) is 11.6 Å². The molecular formula is C29H25ClF2N6O2. The maximum absolute atomic E-state index is 13.7. The van der Waals surface area contributed by atoms with Gasteiger partial charge in [0.1, 0.15) is 5.69 Å². The minimum absolute atomic E-state index is 0.124.